The van der Waals surface area contributed by atoms with Crippen LogP contribution in [0.1, 0.15) is 30.5 Å². The first-order valence-electron chi connectivity index (χ1n) is 5.40. The molecular weight excluding hydrogens is 242 g/mol. The fourth-order valence-corrected chi connectivity index (χ4v) is 1.99. The van der Waals surface area contributed by atoms with E-state index in [0.717, 1.165) is 0 Å². The van der Waals surface area contributed by atoms with Crippen LogP contribution in [0.2, 0.25) is 0 Å². The zero-order valence-electron chi connectivity index (χ0n) is 10.7. The van der Waals surface area contributed by atoms with Gasteiger partial charge in [-0.15, -0.1) is 11.6 Å². The molecule has 1 atom stereocenters. The third kappa shape index (κ3) is 2.91. The van der Waals surface area contributed by atoms with Gasteiger partial charge in [0.1, 0.15) is 5.38 Å². The van der Waals surface area contributed by atoms with E-state index in [0.29, 0.717) is 17.1 Å². The Hall–Kier alpha value is -1.23. The highest BCUT2D eigenvalue weighted by Crippen LogP contribution is 2.32. The number of halogens is 1. The molecule has 17 heavy (non-hydrogen) atoms. The zero-order valence-corrected chi connectivity index (χ0v) is 11.5. The molecule has 0 saturated heterocycles. The van der Waals surface area contributed by atoms with E-state index < -0.39 is 5.38 Å². The van der Waals surface area contributed by atoms with Crippen molar-refractivity contribution in [2.24, 2.45) is 7.05 Å². The Balaban J connectivity index is 3.03. The summed E-state index contributed by atoms with van der Waals surface area (Å²) < 4.78 is 6.78. The third-order valence-corrected chi connectivity index (χ3v) is 2.74. The molecule has 0 fully saturated rings. The second-order valence-electron chi connectivity index (χ2n) is 4.16. The molecule has 1 rings (SSSR count). The van der Waals surface area contributed by atoms with Crippen LogP contribution in [-0.2, 0) is 11.8 Å². The maximum Gasteiger partial charge on any atom is 0.243 e. The second-order valence-corrected chi connectivity index (χ2v) is 4.59. The SMILES string of the molecule is COc1c(C(Cl)C(=O)NC(C)C)c(C)nn1C. The van der Waals surface area contributed by atoms with Crippen LogP contribution in [0.3, 0.4) is 0 Å². The van der Waals surface area contributed by atoms with Crippen LogP contribution < -0.4 is 10.1 Å². The normalized spacial score (nSPS) is 12.6. The molecule has 1 amide bonds. The maximum absolute atomic E-state index is 11.8. The van der Waals surface area contributed by atoms with Gasteiger partial charge in [-0.3, -0.25) is 4.79 Å². The van der Waals surface area contributed by atoms with Crippen LogP contribution in [0, 0.1) is 6.92 Å². The minimum absolute atomic E-state index is 0.0479. The molecule has 0 aliphatic heterocycles. The fraction of sp³-hybridized carbons (Fsp3) is 0.636. The summed E-state index contributed by atoms with van der Waals surface area (Å²) in [4.78, 5) is 11.8. The molecular formula is C11H18ClN3O2. The average molecular weight is 260 g/mol. The molecule has 0 spiro atoms. The number of ether oxygens (including phenoxy) is 1. The number of nitrogens with one attached hydrogen (secondary N) is 1. The van der Waals surface area contributed by atoms with Gasteiger partial charge in [-0.1, -0.05) is 0 Å². The van der Waals surface area contributed by atoms with Crippen LogP contribution in [0.15, 0.2) is 0 Å². The van der Waals surface area contributed by atoms with Gasteiger partial charge in [0.05, 0.1) is 18.4 Å². The van der Waals surface area contributed by atoms with E-state index in [2.05, 4.69) is 10.4 Å². The van der Waals surface area contributed by atoms with Crippen molar-refractivity contribution in [1.82, 2.24) is 15.1 Å². The number of aryl methyl sites for hydroxylation is 2. The van der Waals surface area contributed by atoms with Gasteiger partial charge >= 0.3 is 0 Å². The van der Waals surface area contributed by atoms with E-state index >= 15 is 0 Å². The second kappa shape index (κ2) is 5.40. The van der Waals surface area contributed by atoms with Gasteiger partial charge in [0.2, 0.25) is 11.8 Å². The number of methoxy groups -OCH3 is 1. The molecule has 1 unspecified atom stereocenters. The van der Waals surface area contributed by atoms with E-state index in [1.165, 1.54) is 7.11 Å². The summed E-state index contributed by atoms with van der Waals surface area (Å²) in [6.07, 6.45) is 0. The van der Waals surface area contributed by atoms with Crippen LogP contribution in [0.5, 0.6) is 5.88 Å². The summed E-state index contributed by atoms with van der Waals surface area (Å²) in [6, 6.07) is 0.0479. The number of carbonyl (C=O) groups is 1. The molecule has 0 saturated carbocycles. The van der Waals surface area contributed by atoms with Gasteiger partial charge < -0.3 is 10.1 Å². The van der Waals surface area contributed by atoms with Crippen molar-refractivity contribution < 1.29 is 9.53 Å². The Labute approximate surface area is 106 Å². The minimum Gasteiger partial charge on any atom is -0.481 e. The number of carbonyl (C=O) groups excluding carboxylic acids is 1. The Morgan fingerprint density at radius 3 is 2.59 bits per heavy atom. The lowest BCUT2D eigenvalue weighted by atomic mass is 10.1. The maximum atomic E-state index is 11.8. The lowest BCUT2D eigenvalue weighted by Gasteiger charge is -2.13. The Kier molecular flexibility index (Phi) is 4.40. The van der Waals surface area contributed by atoms with Gasteiger partial charge in [-0.2, -0.15) is 5.10 Å². The lowest BCUT2D eigenvalue weighted by molar-refractivity contribution is -0.121. The van der Waals surface area contributed by atoms with Crippen LogP contribution in [-0.4, -0.2) is 28.8 Å². The zero-order chi connectivity index (χ0) is 13.2. The number of amides is 1. The number of alkyl halides is 1. The highest BCUT2D eigenvalue weighted by atomic mass is 35.5. The third-order valence-electron chi connectivity index (χ3n) is 2.32. The molecule has 0 aliphatic carbocycles. The first kappa shape index (κ1) is 13.8. The predicted octanol–water partition coefficient (Wildman–Crippen LogP) is 1.54. The van der Waals surface area contributed by atoms with Gasteiger partial charge in [-0.25, -0.2) is 4.68 Å². The van der Waals surface area contributed by atoms with Crippen molar-refractivity contribution in [3.05, 3.63) is 11.3 Å². The van der Waals surface area contributed by atoms with Gasteiger partial charge in [0.25, 0.3) is 0 Å². The average Bonchev–Trinajstić information content (AvgIpc) is 2.50. The van der Waals surface area contributed by atoms with Crippen molar-refractivity contribution in [3.8, 4) is 5.88 Å². The molecule has 1 heterocycles. The topological polar surface area (TPSA) is 56.1 Å². The number of hydrogen-bond acceptors (Lipinski definition) is 3. The smallest absolute Gasteiger partial charge is 0.243 e. The van der Waals surface area contributed by atoms with Crippen molar-refractivity contribution >= 4 is 17.5 Å². The highest BCUT2D eigenvalue weighted by molar-refractivity contribution is 6.31. The summed E-state index contributed by atoms with van der Waals surface area (Å²) in [7, 11) is 3.28. The van der Waals surface area contributed by atoms with E-state index in [4.69, 9.17) is 16.3 Å². The molecule has 0 bridgehead atoms. The molecule has 0 radical (unpaired) electrons. The molecule has 1 N–H and O–H groups in total. The lowest BCUT2D eigenvalue weighted by Crippen LogP contribution is -2.33. The van der Waals surface area contributed by atoms with Crippen LogP contribution in [0.25, 0.3) is 0 Å². The fourth-order valence-electron chi connectivity index (χ4n) is 1.68. The molecule has 1 aromatic rings. The summed E-state index contributed by atoms with van der Waals surface area (Å²) in [5, 5.41) is 6.17. The van der Waals surface area contributed by atoms with Crippen molar-refractivity contribution in [2.75, 3.05) is 7.11 Å². The quantitative estimate of drug-likeness (QED) is 0.835. The summed E-state index contributed by atoms with van der Waals surface area (Å²) in [6.45, 7) is 5.57. The minimum atomic E-state index is -0.791. The van der Waals surface area contributed by atoms with E-state index in [9.17, 15) is 4.79 Å². The largest absolute Gasteiger partial charge is 0.481 e. The summed E-state index contributed by atoms with van der Waals surface area (Å²) in [5.74, 6) is 0.275. The molecule has 0 aliphatic rings. The van der Waals surface area contributed by atoms with Crippen LogP contribution in [0.4, 0.5) is 0 Å². The van der Waals surface area contributed by atoms with E-state index in [-0.39, 0.29) is 11.9 Å². The molecule has 6 heteroatoms. The van der Waals surface area contributed by atoms with Crippen molar-refractivity contribution in [2.45, 2.75) is 32.2 Å². The van der Waals surface area contributed by atoms with Crippen molar-refractivity contribution in [3.63, 3.8) is 0 Å². The number of nitrogens with zero attached hydrogens (tertiary/aromatic N) is 2. The molecule has 5 nitrogen and oxygen atoms in total. The number of rotatable bonds is 4. The highest BCUT2D eigenvalue weighted by Gasteiger charge is 2.27. The predicted molar refractivity (Wildman–Crippen MR) is 66.4 cm³/mol. The first-order chi connectivity index (χ1) is 7.88. The molecule has 0 aromatic carbocycles. The van der Waals surface area contributed by atoms with Gasteiger partial charge in [0, 0.05) is 13.1 Å². The van der Waals surface area contributed by atoms with Crippen LogP contribution >= 0.6 is 11.6 Å². The van der Waals surface area contributed by atoms with Gasteiger partial charge in [-0.05, 0) is 20.8 Å². The summed E-state index contributed by atoms with van der Waals surface area (Å²) >= 11 is 6.16. The monoisotopic (exact) mass is 259 g/mol. The Morgan fingerprint density at radius 2 is 2.12 bits per heavy atom. The van der Waals surface area contributed by atoms with E-state index in [1.807, 2.05) is 13.8 Å². The Bertz CT molecular complexity index is 415. The Morgan fingerprint density at radius 1 is 1.53 bits per heavy atom. The van der Waals surface area contributed by atoms with E-state index in [1.54, 1.807) is 18.7 Å². The standard InChI is InChI=1S/C11H18ClN3O2/c1-6(2)13-10(16)9(12)8-7(3)14-15(4)11(8)17-5/h6,9H,1-5H3,(H,13,16). The van der Waals surface area contributed by atoms with Gasteiger partial charge in [0.15, 0.2) is 0 Å². The van der Waals surface area contributed by atoms with Crippen molar-refractivity contribution in [1.29, 1.82) is 0 Å². The molecule has 96 valence electrons. The first-order valence-corrected chi connectivity index (χ1v) is 5.84. The molecule has 1 aromatic heterocycles. The summed E-state index contributed by atoms with van der Waals surface area (Å²) in [5.41, 5.74) is 1.32. The number of aromatic nitrogens is 2. The number of hydrogen-bond donors (Lipinski definition) is 1.